The van der Waals surface area contributed by atoms with Gasteiger partial charge in [-0.1, -0.05) is 29.8 Å². The molecule has 1 aliphatic rings. The molecule has 0 heterocycles. The van der Waals surface area contributed by atoms with E-state index in [4.69, 9.17) is 11.6 Å². The molecule has 2 aromatic rings. The Morgan fingerprint density at radius 1 is 0.857 bits per heavy atom. The van der Waals surface area contributed by atoms with Gasteiger partial charge < -0.3 is 0 Å². The molecule has 0 bridgehead atoms. The van der Waals surface area contributed by atoms with Crippen LogP contribution in [0.2, 0.25) is 5.02 Å². The van der Waals surface area contributed by atoms with Crippen molar-refractivity contribution in [2.24, 2.45) is 0 Å². The summed E-state index contributed by atoms with van der Waals surface area (Å²) >= 11 is 5.82. The van der Waals surface area contributed by atoms with E-state index in [1.165, 1.54) is 6.07 Å². The second-order valence-electron chi connectivity index (χ2n) is 5.38. The van der Waals surface area contributed by atoms with E-state index in [1.54, 1.807) is 30.3 Å². The van der Waals surface area contributed by atoms with Crippen molar-refractivity contribution in [3.05, 3.63) is 58.1 Å². The maximum Gasteiger partial charge on any atom is 0.417 e. The zero-order valence-corrected chi connectivity index (χ0v) is 12.1. The van der Waals surface area contributed by atoms with Crippen molar-refractivity contribution >= 4 is 11.6 Å². The van der Waals surface area contributed by atoms with E-state index in [0.717, 1.165) is 36.8 Å². The Hall–Kier alpha value is -1.48. The normalized spacial score (nSPS) is 14.9. The van der Waals surface area contributed by atoms with Crippen LogP contribution >= 0.6 is 11.6 Å². The fraction of sp³-hybridized carbons (Fsp3) is 0.294. The first-order valence-electron chi connectivity index (χ1n) is 6.94. The Balaban J connectivity index is 2.19. The molecular weight excluding hydrogens is 297 g/mol. The Kier molecular flexibility index (Phi) is 3.70. The van der Waals surface area contributed by atoms with Crippen molar-refractivity contribution in [2.75, 3.05) is 0 Å². The van der Waals surface area contributed by atoms with Crippen LogP contribution in [0.25, 0.3) is 11.1 Å². The number of hydrogen-bond donors (Lipinski definition) is 0. The van der Waals surface area contributed by atoms with Crippen LogP contribution < -0.4 is 0 Å². The zero-order chi connectivity index (χ0) is 15.0. The highest BCUT2D eigenvalue weighted by Gasteiger charge is 2.34. The van der Waals surface area contributed by atoms with Crippen molar-refractivity contribution in [1.29, 1.82) is 0 Å². The summed E-state index contributed by atoms with van der Waals surface area (Å²) in [5, 5.41) is 0.519. The van der Waals surface area contributed by atoms with E-state index < -0.39 is 11.7 Å². The summed E-state index contributed by atoms with van der Waals surface area (Å²) in [4.78, 5) is 0. The standard InChI is InChI=1S/C17H14ClF3/c18-14-7-5-11(6-8-14)15-9-12-3-1-2-4-13(12)10-16(15)17(19,20)21/h5-10H,1-4H2. The first kappa shape index (κ1) is 14.5. The molecule has 1 aliphatic carbocycles. The molecular formula is C17H14ClF3. The fourth-order valence-corrected chi connectivity index (χ4v) is 3.01. The third-order valence-corrected chi connectivity index (χ3v) is 4.19. The lowest BCUT2D eigenvalue weighted by molar-refractivity contribution is -0.137. The third-order valence-electron chi connectivity index (χ3n) is 3.94. The average molecular weight is 311 g/mol. The SMILES string of the molecule is FC(F)(F)c1cc2c(cc1-c1ccc(Cl)cc1)CCCC2. The van der Waals surface area contributed by atoms with E-state index in [1.807, 2.05) is 0 Å². The molecule has 4 heteroatoms. The van der Waals surface area contributed by atoms with E-state index >= 15 is 0 Å². The number of halogens is 4. The molecule has 0 amide bonds. The molecule has 0 saturated carbocycles. The smallest absolute Gasteiger partial charge is 0.166 e. The molecule has 3 rings (SSSR count). The summed E-state index contributed by atoms with van der Waals surface area (Å²) in [6.45, 7) is 0. The highest BCUT2D eigenvalue weighted by molar-refractivity contribution is 6.30. The predicted molar refractivity (Wildman–Crippen MR) is 78.5 cm³/mol. The van der Waals surface area contributed by atoms with Crippen LogP contribution in [-0.4, -0.2) is 0 Å². The minimum atomic E-state index is -4.35. The van der Waals surface area contributed by atoms with Gasteiger partial charge in [0, 0.05) is 5.02 Å². The second-order valence-corrected chi connectivity index (χ2v) is 5.81. The number of alkyl halides is 3. The lowest BCUT2D eigenvalue weighted by Gasteiger charge is -2.21. The number of fused-ring (bicyclic) bond motifs is 1. The second kappa shape index (κ2) is 5.38. The summed E-state index contributed by atoms with van der Waals surface area (Å²) in [6.07, 6.45) is -0.752. The topological polar surface area (TPSA) is 0 Å². The number of rotatable bonds is 1. The van der Waals surface area contributed by atoms with Gasteiger partial charge in [0.15, 0.2) is 0 Å². The van der Waals surface area contributed by atoms with Crippen LogP contribution in [0.3, 0.4) is 0 Å². The van der Waals surface area contributed by atoms with Gasteiger partial charge >= 0.3 is 6.18 Å². The zero-order valence-electron chi connectivity index (χ0n) is 11.3. The van der Waals surface area contributed by atoms with Gasteiger partial charge in [0.05, 0.1) is 5.56 Å². The van der Waals surface area contributed by atoms with Crippen molar-refractivity contribution in [3.8, 4) is 11.1 Å². The first-order chi connectivity index (χ1) is 9.95. The Bertz CT molecular complexity index is 657. The molecule has 0 unspecified atom stereocenters. The van der Waals surface area contributed by atoms with Gasteiger partial charge in [0.1, 0.15) is 0 Å². The molecule has 0 saturated heterocycles. The Labute approximate surface area is 126 Å². The lowest BCUT2D eigenvalue weighted by atomic mass is 9.86. The quantitative estimate of drug-likeness (QED) is 0.614. The molecule has 0 atom stereocenters. The van der Waals surface area contributed by atoms with E-state index in [0.29, 0.717) is 10.6 Å². The van der Waals surface area contributed by atoms with Crippen LogP contribution in [0.1, 0.15) is 29.5 Å². The molecule has 0 aliphatic heterocycles. The van der Waals surface area contributed by atoms with Crippen molar-refractivity contribution in [1.82, 2.24) is 0 Å². The number of benzene rings is 2. The highest BCUT2D eigenvalue weighted by Crippen LogP contribution is 2.40. The predicted octanol–water partition coefficient (Wildman–Crippen LogP) is 5.90. The molecule has 0 N–H and O–H groups in total. The average Bonchev–Trinajstić information content (AvgIpc) is 2.46. The molecule has 0 spiro atoms. The molecule has 21 heavy (non-hydrogen) atoms. The maximum atomic E-state index is 13.4. The van der Waals surface area contributed by atoms with E-state index in [2.05, 4.69) is 0 Å². The van der Waals surface area contributed by atoms with Crippen LogP contribution in [0, 0.1) is 0 Å². The van der Waals surface area contributed by atoms with Crippen LogP contribution in [0.4, 0.5) is 13.2 Å². The molecule has 0 nitrogen and oxygen atoms in total. The van der Waals surface area contributed by atoms with Crippen LogP contribution in [-0.2, 0) is 19.0 Å². The summed E-state index contributed by atoms with van der Waals surface area (Å²) in [5.41, 5.74) is 2.14. The van der Waals surface area contributed by atoms with Gasteiger partial charge in [-0.3, -0.25) is 0 Å². The summed E-state index contributed by atoms with van der Waals surface area (Å²) in [6, 6.07) is 9.57. The summed E-state index contributed by atoms with van der Waals surface area (Å²) in [5.74, 6) is 0. The monoisotopic (exact) mass is 310 g/mol. The molecule has 0 aromatic heterocycles. The molecule has 0 radical (unpaired) electrons. The van der Waals surface area contributed by atoms with Gasteiger partial charge in [-0.15, -0.1) is 0 Å². The van der Waals surface area contributed by atoms with Crippen LogP contribution in [0.15, 0.2) is 36.4 Å². The van der Waals surface area contributed by atoms with Gasteiger partial charge in [-0.25, -0.2) is 0 Å². The van der Waals surface area contributed by atoms with Crippen molar-refractivity contribution in [2.45, 2.75) is 31.9 Å². The highest BCUT2D eigenvalue weighted by atomic mass is 35.5. The summed E-state index contributed by atoms with van der Waals surface area (Å²) < 4.78 is 40.1. The lowest BCUT2D eigenvalue weighted by Crippen LogP contribution is -2.11. The largest absolute Gasteiger partial charge is 0.417 e. The minimum Gasteiger partial charge on any atom is -0.166 e. The van der Waals surface area contributed by atoms with Crippen molar-refractivity contribution in [3.63, 3.8) is 0 Å². The summed E-state index contributed by atoms with van der Waals surface area (Å²) in [7, 11) is 0. The van der Waals surface area contributed by atoms with E-state index in [-0.39, 0.29) is 5.56 Å². The van der Waals surface area contributed by atoms with Crippen molar-refractivity contribution < 1.29 is 13.2 Å². The fourth-order valence-electron chi connectivity index (χ4n) is 2.89. The van der Waals surface area contributed by atoms with Gasteiger partial charge in [0.25, 0.3) is 0 Å². The Morgan fingerprint density at radius 3 is 2.00 bits per heavy atom. The number of hydrogen-bond acceptors (Lipinski definition) is 0. The maximum absolute atomic E-state index is 13.4. The van der Waals surface area contributed by atoms with E-state index in [9.17, 15) is 13.2 Å². The first-order valence-corrected chi connectivity index (χ1v) is 7.32. The molecule has 110 valence electrons. The van der Waals surface area contributed by atoms with Gasteiger partial charge in [-0.05, 0) is 66.1 Å². The molecule has 0 fully saturated rings. The third kappa shape index (κ3) is 2.93. The minimum absolute atomic E-state index is 0.250. The van der Waals surface area contributed by atoms with Gasteiger partial charge in [-0.2, -0.15) is 13.2 Å². The van der Waals surface area contributed by atoms with Gasteiger partial charge in [0.2, 0.25) is 0 Å². The Morgan fingerprint density at radius 2 is 1.43 bits per heavy atom. The number of aryl methyl sites for hydroxylation is 2. The molecule has 2 aromatic carbocycles. The van der Waals surface area contributed by atoms with Crippen LogP contribution in [0.5, 0.6) is 0 Å².